The lowest BCUT2D eigenvalue weighted by atomic mass is 10.1. The first-order valence-corrected chi connectivity index (χ1v) is 8.54. The predicted octanol–water partition coefficient (Wildman–Crippen LogP) is 2.20. The van der Waals surface area contributed by atoms with Gasteiger partial charge in [0.25, 0.3) is 0 Å². The van der Waals surface area contributed by atoms with Crippen LogP contribution in [0.5, 0.6) is 11.5 Å². The molecule has 0 radical (unpaired) electrons. The van der Waals surface area contributed by atoms with Gasteiger partial charge in [-0.25, -0.2) is 0 Å². The first-order chi connectivity index (χ1) is 12.5. The van der Waals surface area contributed by atoms with Crippen molar-refractivity contribution in [3.05, 3.63) is 29.8 Å². The second-order valence-corrected chi connectivity index (χ2v) is 6.00. The zero-order valence-electron chi connectivity index (χ0n) is 15.1. The molecule has 1 N–H and O–H groups in total. The van der Waals surface area contributed by atoms with Gasteiger partial charge in [0.1, 0.15) is 11.5 Å². The number of methoxy groups -OCH3 is 2. The van der Waals surface area contributed by atoms with Gasteiger partial charge in [-0.2, -0.15) is 0 Å². The van der Waals surface area contributed by atoms with E-state index < -0.39 is 5.97 Å². The van der Waals surface area contributed by atoms with Crippen LogP contribution in [0.1, 0.15) is 24.8 Å². The summed E-state index contributed by atoms with van der Waals surface area (Å²) in [6.45, 7) is 1.35. The van der Waals surface area contributed by atoms with Crippen LogP contribution in [0, 0.1) is 0 Å². The summed E-state index contributed by atoms with van der Waals surface area (Å²) in [6.07, 6.45) is 4.49. The number of aliphatic carboxylic acids is 1. The van der Waals surface area contributed by atoms with E-state index in [0.29, 0.717) is 37.6 Å². The standard InChI is InChI=1S/C19H25NO6/c1-24-16-11-14(12-17(13-16)25-2)3-4-18(21)20(8-5-19(22)23)15-6-9-26-10-7-15/h3-4,11-13,15H,5-10H2,1-2H3,(H,22,23). The molecule has 2 rings (SSSR count). The summed E-state index contributed by atoms with van der Waals surface area (Å²) in [5.41, 5.74) is 0.764. The van der Waals surface area contributed by atoms with Crippen molar-refractivity contribution in [3.8, 4) is 11.5 Å². The molecule has 142 valence electrons. The van der Waals surface area contributed by atoms with Crippen molar-refractivity contribution >= 4 is 18.0 Å². The number of carbonyl (C=O) groups excluding carboxylic acids is 1. The average Bonchev–Trinajstić information content (AvgIpc) is 2.66. The SMILES string of the molecule is COc1cc(C=CC(=O)N(CCC(=O)O)C2CCOCC2)cc(OC)c1. The van der Waals surface area contributed by atoms with Crippen molar-refractivity contribution in [2.45, 2.75) is 25.3 Å². The van der Waals surface area contributed by atoms with E-state index in [1.54, 1.807) is 43.4 Å². The smallest absolute Gasteiger partial charge is 0.305 e. The third kappa shape index (κ3) is 5.77. The van der Waals surface area contributed by atoms with Gasteiger partial charge in [-0.15, -0.1) is 0 Å². The molecule has 1 aromatic rings. The lowest BCUT2D eigenvalue weighted by Gasteiger charge is -2.33. The van der Waals surface area contributed by atoms with Gasteiger partial charge in [0, 0.05) is 37.9 Å². The molecule has 7 heteroatoms. The predicted molar refractivity (Wildman–Crippen MR) is 96.4 cm³/mol. The summed E-state index contributed by atoms with van der Waals surface area (Å²) in [4.78, 5) is 25.2. The molecule has 1 aliphatic heterocycles. The quantitative estimate of drug-likeness (QED) is 0.713. The number of benzene rings is 1. The minimum atomic E-state index is -0.920. The molecule has 1 saturated heterocycles. The molecule has 1 amide bonds. The number of hydrogen-bond donors (Lipinski definition) is 1. The molecule has 7 nitrogen and oxygen atoms in total. The molecule has 1 fully saturated rings. The summed E-state index contributed by atoms with van der Waals surface area (Å²) in [5.74, 6) is 0.128. The maximum Gasteiger partial charge on any atom is 0.305 e. The largest absolute Gasteiger partial charge is 0.497 e. The van der Waals surface area contributed by atoms with Gasteiger partial charge in [-0.1, -0.05) is 0 Å². The Kier molecular flexibility index (Phi) is 7.47. The van der Waals surface area contributed by atoms with Crippen LogP contribution in [0.3, 0.4) is 0 Å². The van der Waals surface area contributed by atoms with Gasteiger partial charge in [-0.3, -0.25) is 9.59 Å². The van der Waals surface area contributed by atoms with Crippen LogP contribution in [-0.4, -0.2) is 61.9 Å². The fourth-order valence-electron chi connectivity index (χ4n) is 2.87. The minimum Gasteiger partial charge on any atom is -0.497 e. The third-order valence-electron chi connectivity index (χ3n) is 4.27. The molecule has 26 heavy (non-hydrogen) atoms. The molecular formula is C19H25NO6. The van der Waals surface area contributed by atoms with E-state index in [2.05, 4.69) is 0 Å². The van der Waals surface area contributed by atoms with Crippen LogP contribution in [0.2, 0.25) is 0 Å². The molecule has 0 saturated carbocycles. The summed E-state index contributed by atoms with van der Waals surface area (Å²) >= 11 is 0. The van der Waals surface area contributed by atoms with Crippen LogP contribution in [0.4, 0.5) is 0 Å². The second-order valence-electron chi connectivity index (χ2n) is 6.00. The first kappa shape index (κ1) is 19.8. The second kappa shape index (κ2) is 9.82. The average molecular weight is 363 g/mol. The van der Waals surface area contributed by atoms with Crippen LogP contribution >= 0.6 is 0 Å². The Hall–Kier alpha value is -2.54. The zero-order valence-corrected chi connectivity index (χ0v) is 15.1. The lowest BCUT2D eigenvalue weighted by Crippen LogP contribution is -2.43. The Morgan fingerprint density at radius 1 is 1.19 bits per heavy atom. The van der Waals surface area contributed by atoms with Gasteiger partial charge in [0.15, 0.2) is 0 Å². The van der Waals surface area contributed by atoms with Crippen LogP contribution in [0.15, 0.2) is 24.3 Å². The Morgan fingerprint density at radius 2 is 1.81 bits per heavy atom. The minimum absolute atomic E-state index is 0.0000885. The van der Waals surface area contributed by atoms with Gasteiger partial charge in [-0.05, 0) is 36.6 Å². The Balaban J connectivity index is 2.14. The number of carbonyl (C=O) groups is 2. The number of amides is 1. The first-order valence-electron chi connectivity index (χ1n) is 8.54. The topological polar surface area (TPSA) is 85.3 Å². The molecule has 1 aromatic carbocycles. The molecule has 0 aliphatic carbocycles. The molecule has 0 spiro atoms. The number of hydrogen-bond acceptors (Lipinski definition) is 5. The Bertz CT molecular complexity index is 629. The molecule has 0 bridgehead atoms. The van der Waals surface area contributed by atoms with Gasteiger partial charge < -0.3 is 24.2 Å². The Morgan fingerprint density at radius 3 is 2.35 bits per heavy atom. The van der Waals surface area contributed by atoms with Crippen LogP contribution in [-0.2, 0) is 14.3 Å². The van der Waals surface area contributed by atoms with Crippen molar-refractivity contribution in [3.63, 3.8) is 0 Å². The molecule has 1 heterocycles. The summed E-state index contributed by atoms with van der Waals surface area (Å²) in [7, 11) is 3.12. The zero-order chi connectivity index (χ0) is 18.9. The number of carboxylic acids is 1. The molecule has 0 aromatic heterocycles. The van der Waals surface area contributed by atoms with Crippen molar-refractivity contribution in [1.29, 1.82) is 0 Å². The van der Waals surface area contributed by atoms with Gasteiger partial charge >= 0.3 is 5.97 Å². The number of carboxylic acid groups (broad SMARTS) is 1. The highest BCUT2D eigenvalue weighted by Gasteiger charge is 2.24. The maximum atomic E-state index is 12.7. The van der Waals surface area contributed by atoms with Gasteiger partial charge in [0.2, 0.25) is 5.91 Å². The van der Waals surface area contributed by atoms with E-state index >= 15 is 0 Å². The van der Waals surface area contributed by atoms with Gasteiger partial charge in [0.05, 0.1) is 20.6 Å². The lowest BCUT2D eigenvalue weighted by molar-refractivity contribution is -0.138. The molecule has 0 atom stereocenters. The van der Waals surface area contributed by atoms with Crippen molar-refractivity contribution in [2.24, 2.45) is 0 Å². The molecule has 0 unspecified atom stereocenters. The van der Waals surface area contributed by atoms with Crippen molar-refractivity contribution < 1.29 is 28.9 Å². The summed E-state index contributed by atoms with van der Waals surface area (Å²) in [6, 6.07) is 5.34. The maximum absolute atomic E-state index is 12.7. The fraction of sp³-hybridized carbons (Fsp3) is 0.474. The fourth-order valence-corrected chi connectivity index (χ4v) is 2.87. The van der Waals surface area contributed by atoms with Crippen LogP contribution in [0.25, 0.3) is 6.08 Å². The normalized spacial score (nSPS) is 15.0. The highest BCUT2D eigenvalue weighted by atomic mass is 16.5. The number of rotatable bonds is 8. The number of nitrogens with zero attached hydrogens (tertiary/aromatic N) is 1. The van der Waals surface area contributed by atoms with E-state index in [1.807, 2.05) is 0 Å². The van der Waals surface area contributed by atoms with E-state index in [1.165, 1.54) is 6.08 Å². The van der Waals surface area contributed by atoms with Crippen molar-refractivity contribution in [1.82, 2.24) is 4.90 Å². The third-order valence-corrected chi connectivity index (χ3v) is 4.27. The van der Waals surface area contributed by atoms with E-state index in [-0.39, 0.29) is 24.9 Å². The number of ether oxygens (including phenoxy) is 3. The molecular weight excluding hydrogens is 338 g/mol. The summed E-state index contributed by atoms with van der Waals surface area (Å²) < 4.78 is 15.8. The highest BCUT2D eigenvalue weighted by Crippen LogP contribution is 2.23. The van der Waals surface area contributed by atoms with E-state index in [4.69, 9.17) is 19.3 Å². The van der Waals surface area contributed by atoms with E-state index in [0.717, 1.165) is 5.56 Å². The highest BCUT2D eigenvalue weighted by molar-refractivity contribution is 5.92. The molecule has 1 aliphatic rings. The van der Waals surface area contributed by atoms with Crippen molar-refractivity contribution in [2.75, 3.05) is 34.0 Å². The summed E-state index contributed by atoms with van der Waals surface area (Å²) in [5, 5.41) is 8.96. The Labute approximate surface area is 153 Å². The monoisotopic (exact) mass is 363 g/mol. The van der Waals surface area contributed by atoms with E-state index in [9.17, 15) is 9.59 Å². The van der Waals surface area contributed by atoms with Crippen LogP contribution < -0.4 is 9.47 Å².